The van der Waals surface area contributed by atoms with Crippen molar-refractivity contribution in [3.05, 3.63) is 59.7 Å². The van der Waals surface area contributed by atoms with Crippen LogP contribution in [0.5, 0.6) is 0 Å². The highest BCUT2D eigenvalue weighted by atomic mass is 19.1. The number of ether oxygens (including phenoxy) is 1. The third-order valence-electron chi connectivity index (χ3n) is 4.06. The molecule has 0 radical (unpaired) electrons. The Labute approximate surface area is 184 Å². The average molecular weight is 448 g/mol. The summed E-state index contributed by atoms with van der Waals surface area (Å²) in [5.74, 6) is -2.95. The van der Waals surface area contributed by atoms with Gasteiger partial charge in [-0.3, -0.25) is 20.4 Å². The molecule has 1 unspecified atom stereocenters. The molecule has 0 aromatic heterocycles. The van der Waals surface area contributed by atoms with Crippen LogP contribution in [0.25, 0.3) is 0 Å². The Bertz CT molecular complexity index is 992. The van der Waals surface area contributed by atoms with Crippen molar-refractivity contribution in [2.45, 2.75) is 45.8 Å². The molecular formula is C22H26F2N4O4. The molecule has 2 rings (SSSR count). The molecule has 172 valence electrons. The number of benzene rings is 2. The number of hydrogen-bond donors (Lipinski definition) is 4. The van der Waals surface area contributed by atoms with Gasteiger partial charge >= 0.3 is 6.09 Å². The van der Waals surface area contributed by atoms with Gasteiger partial charge in [0, 0.05) is 0 Å². The molecule has 2 aromatic carbocycles. The van der Waals surface area contributed by atoms with Crippen molar-refractivity contribution in [1.82, 2.24) is 10.7 Å². The number of nitrogens with one attached hydrogen (secondary N) is 4. The highest BCUT2D eigenvalue weighted by molar-refractivity contribution is 6.05. The number of hydrazine groups is 1. The van der Waals surface area contributed by atoms with E-state index >= 15 is 0 Å². The summed E-state index contributed by atoms with van der Waals surface area (Å²) in [6.07, 6.45) is -0.556. The van der Waals surface area contributed by atoms with Gasteiger partial charge in [0.15, 0.2) is 0 Å². The number of halogens is 2. The summed E-state index contributed by atoms with van der Waals surface area (Å²) in [5, 5.41) is 4.90. The van der Waals surface area contributed by atoms with E-state index in [1.54, 1.807) is 27.7 Å². The normalized spacial score (nSPS) is 11.8. The van der Waals surface area contributed by atoms with E-state index in [4.69, 9.17) is 4.74 Å². The molecule has 8 nitrogen and oxygen atoms in total. The van der Waals surface area contributed by atoms with Gasteiger partial charge in [0.2, 0.25) is 5.91 Å². The fourth-order valence-corrected chi connectivity index (χ4v) is 2.64. The van der Waals surface area contributed by atoms with E-state index in [-0.39, 0.29) is 17.8 Å². The molecule has 0 bridgehead atoms. The highest BCUT2D eigenvalue weighted by Gasteiger charge is 2.25. The molecule has 0 spiro atoms. The summed E-state index contributed by atoms with van der Waals surface area (Å²) in [5.41, 5.74) is 3.70. The Hall–Kier alpha value is -3.69. The second kappa shape index (κ2) is 10.6. The van der Waals surface area contributed by atoms with Gasteiger partial charge in [0.05, 0.1) is 11.4 Å². The molecule has 32 heavy (non-hydrogen) atoms. The van der Waals surface area contributed by atoms with Crippen molar-refractivity contribution >= 4 is 29.3 Å². The highest BCUT2D eigenvalue weighted by Crippen LogP contribution is 2.20. The van der Waals surface area contributed by atoms with Crippen molar-refractivity contribution in [3.63, 3.8) is 0 Å². The first-order valence-corrected chi connectivity index (χ1v) is 9.91. The smallest absolute Gasteiger partial charge is 0.408 e. The van der Waals surface area contributed by atoms with Gasteiger partial charge in [-0.1, -0.05) is 19.1 Å². The maximum absolute atomic E-state index is 14.4. The van der Waals surface area contributed by atoms with Crippen LogP contribution in [-0.2, 0) is 9.53 Å². The number of carbonyl (C=O) groups excluding carboxylic acids is 3. The van der Waals surface area contributed by atoms with E-state index < -0.39 is 46.7 Å². The van der Waals surface area contributed by atoms with Crippen LogP contribution in [0.15, 0.2) is 42.5 Å². The number of carbonyl (C=O) groups is 3. The van der Waals surface area contributed by atoms with E-state index in [1.165, 1.54) is 30.3 Å². The Morgan fingerprint density at radius 2 is 1.75 bits per heavy atom. The van der Waals surface area contributed by atoms with Crippen LogP contribution in [0.4, 0.5) is 25.0 Å². The first-order chi connectivity index (χ1) is 15.0. The molecule has 0 saturated heterocycles. The van der Waals surface area contributed by atoms with Crippen molar-refractivity contribution in [2.24, 2.45) is 0 Å². The minimum Gasteiger partial charge on any atom is -0.444 e. The van der Waals surface area contributed by atoms with Gasteiger partial charge < -0.3 is 15.4 Å². The molecular weight excluding hydrogens is 422 g/mol. The first-order valence-electron chi connectivity index (χ1n) is 9.91. The lowest BCUT2D eigenvalue weighted by molar-refractivity contribution is -0.118. The number of amides is 3. The van der Waals surface area contributed by atoms with E-state index in [9.17, 15) is 23.2 Å². The molecule has 1 atom stereocenters. The fourth-order valence-electron chi connectivity index (χ4n) is 2.64. The van der Waals surface area contributed by atoms with Crippen LogP contribution >= 0.6 is 0 Å². The fraction of sp³-hybridized carbons (Fsp3) is 0.318. The molecule has 10 heteroatoms. The quantitative estimate of drug-likeness (QED) is 0.480. The summed E-state index contributed by atoms with van der Waals surface area (Å²) < 4.78 is 32.9. The Balaban J connectivity index is 2.12. The molecule has 3 amide bonds. The zero-order valence-corrected chi connectivity index (χ0v) is 18.2. The zero-order chi connectivity index (χ0) is 23.9. The Kier molecular flexibility index (Phi) is 8.11. The second-order valence-electron chi connectivity index (χ2n) is 7.85. The lowest BCUT2D eigenvalue weighted by Crippen LogP contribution is -2.45. The van der Waals surface area contributed by atoms with E-state index in [2.05, 4.69) is 21.5 Å². The monoisotopic (exact) mass is 448 g/mol. The molecule has 0 aliphatic heterocycles. The first kappa shape index (κ1) is 24.6. The Morgan fingerprint density at radius 1 is 1.06 bits per heavy atom. The SMILES string of the molecule is CCC(NC(=O)OC(C)(C)C)C(=O)Nc1cccc(F)c1C(=O)NNc1cccc(F)c1. The van der Waals surface area contributed by atoms with Crippen molar-refractivity contribution in [1.29, 1.82) is 0 Å². The molecule has 0 aliphatic rings. The van der Waals surface area contributed by atoms with Crippen LogP contribution in [0.3, 0.4) is 0 Å². The van der Waals surface area contributed by atoms with Gasteiger partial charge in [-0.15, -0.1) is 0 Å². The van der Waals surface area contributed by atoms with Crippen molar-refractivity contribution in [2.75, 3.05) is 10.7 Å². The summed E-state index contributed by atoms with van der Waals surface area (Å²) >= 11 is 0. The number of alkyl carbamates (subject to hydrolysis) is 1. The van der Waals surface area contributed by atoms with Gasteiger partial charge in [0.25, 0.3) is 5.91 Å². The molecule has 4 N–H and O–H groups in total. The summed E-state index contributed by atoms with van der Waals surface area (Å²) in [6, 6.07) is 8.05. The molecule has 0 aliphatic carbocycles. The van der Waals surface area contributed by atoms with Gasteiger partial charge in [-0.2, -0.15) is 0 Å². The standard InChI is InChI=1S/C22H26F2N4O4/c1-5-16(26-21(31)32-22(2,3)4)19(29)25-17-11-7-10-15(24)18(17)20(30)28-27-14-9-6-8-13(23)12-14/h6-12,16,27H,5H2,1-4H3,(H,25,29)(H,26,31)(H,28,30). The molecule has 0 heterocycles. The third kappa shape index (κ3) is 7.22. The average Bonchev–Trinajstić information content (AvgIpc) is 2.69. The van der Waals surface area contributed by atoms with Crippen LogP contribution in [0.2, 0.25) is 0 Å². The maximum atomic E-state index is 14.4. The predicted molar refractivity (Wildman–Crippen MR) is 116 cm³/mol. The number of hydrogen-bond acceptors (Lipinski definition) is 5. The lowest BCUT2D eigenvalue weighted by Gasteiger charge is -2.23. The molecule has 0 fully saturated rings. The topological polar surface area (TPSA) is 109 Å². The molecule has 0 saturated carbocycles. The zero-order valence-electron chi connectivity index (χ0n) is 18.2. The van der Waals surface area contributed by atoms with E-state index in [1.807, 2.05) is 0 Å². The van der Waals surface area contributed by atoms with Crippen LogP contribution in [0, 0.1) is 11.6 Å². The number of anilines is 2. The number of rotatable bonds is 7. The van der Waals surface area contributed by atoms with Gasteiger partial charge in [-0.25, -0.2) is 13.6 Å². The second-order valence-corrected chi connectivity index (χ2v) is 7.85. The largest absolute Gasteiger partial charge is 0.444 e. The van der Waals surface area contributed by atoms with Crippen LogP contribution in [0.1, 0.15) is 44.5 Å². The van der Waals surface area contributed by atoms with Crippen molar-refractivity contribution in [3.8, 4) is 0 Å². The van der Waals surface area contributed by atoms with Crippen LogP contribution in [-0.4, -0.2) is 29.6 Å². The van der Waals surface area contributed by atoms with E-state index in [0.717, 1.165) is 12.1 Å². The molecule has 2 aromatic rings. The van der Waals surface area contributed by atoms with Gasteiger partial charge in [-0.05, 0) is 57.5 Å². The minimum absolute atomic E-state index is 0.0991. The maximum Gasteiger partial charge on any atom is 0.408 e. The summed E-state index contributed by atoms with van der Waals surface area (Å²) in [7, 11) is 0. The Morgan fingerprint density at radius 3 is 2.38 bits per heavy atom. The predicted octanol–water partition coefficient (Wildman–Crippen LogP) is 3.96. The summed E-state index contributed by atoms with van der Waals surface area (Å²) in [6.45, 7) is 6.72. The van der Waals surface area contributed by atoms with E-state index in [0.29, 0.717) is 0 Å². The third-order valence-corrected chi connectivity index (χ3v) is 4.06. The van der Waals surface area contributed by atoms with Gasteiger partial charge in [0.1, 0.15) is 28.8 Å². The lowest BCUT2D eigenvalue weighted by atomic mass is 10.1. The minimum atomic E-state index is -0.977. The summed E-state index contributed by atoms with van der Waals surface area (Å²) in [4.78, 5) is 37.2. The van der Waals surface area contributed by atoms with Crippen molar-refractivity contribution < 1.29 is 27.9 Å². The van der Waals surface area contributed by atoms with Crippen LogP contribution < -0.4 is 21.5 Å².